The quantitative estimate of drug-likeness (QED) is 0.292. The zero-order valence-electron chi connectivity index (χ0n) is 22.3. The number of amides is 2. The van der Waals surface area contributed by atoms with Crippen molar-refractivity contribution >= 4 is 34.4 Å². The maximum atomic E-state index is 13.1. The molecule has 0 bridgehead atoms. The summed E-state index contributed by atoms with van der Waals surface area (Å²) in [5.41, 5.74) is 2.47. The number of benzene rings is 1. The van der Waals surface area contributed by atoms with E-state index in [1.54, 1.807) is 17.1 Å². The molecule has 1 saturated heterocycles. The molecule has 2 amide bonds. The number of nitrogens with zero attached hydrogens (tertiary/aromatic N) is 4. The molecule has 3 aromatic heterocycles. The van der Waals surface area contributed by atoms with E-state index >= 15 is 0 Å². The lowest BCUT2D eigenvalue weighted by Crippen LogP contribution is -2.49. The number of piperidine rings is 1. The average Bonchev–Trinajstić information content (AvgIpc) is 3.51. The maximum absolute atomic E-state index is 13.1. The SMILES string of the molecule is CC(C)(C)OC(=O)NC1CCCN(c2c(O)cnc3[nH]cc(NC(=O)c4cnn(Cc5ccccc5)c4)c23)C1. The number of anilines is 2. The summed E-state index contributed by atoms with van der Waals surface area (Å²) in [6.07, 6.45) is 7.39. The number of H-pyrrole nitrogens is 1. The molecule has 5 rings (SSSR count). The van der Waals surface area contributed by atoms with Crippen molar-refractivity contribution in [1.82, 2.24) is 25.1 Å². The van der Waals surface area contributed by atoms with Crippen molar-refractivity contribution < 1.29 is 19.4 Å². The molecule has 1 fully saturated rings. The molecule has 39 heavy (non-hydrogen) atoms. The molecule has 4 heterocycles. The van der Waals surface area contributed by atoms with Crippen LogP contribution in [-0.4, -0.2) is 61.6 Å². The molecular weight excluding hydrogens is 498 g/mol. The summed E-state index contributed by atoms with van der Waals surface area (Å²) in [5.74, 6) is -0.334. The number of fused-ring (bicyclic) bond motifs is 1. The van der Waals surface area contributed by atoms with Gasteiger partial charge in [-0.2, -0.15) is 5.10 Å². The lowest BCUT2D eigenvalue weighted by Gasteiger charge is -2.35. The Morgan fingerprint density at radius 2 is 2.00 bits per heavy atom. The van der Waals surface area contributed by atoms with E-state index in [0.29, 0.717) is 47.6 Å². The van der Waals surface area contributed by atoms with Gasteiger partial charge in [-0.3, -0.25) is 9.48 Å². The van der Waals surface area contributed by atoms with Crippen LogP contribution in [0.1, 0.15) is 49.5 Å². The minimum Gasteiger partial charge on any atom is -0.504 e. The van der Waals surface area contributed by atoms with Crippen molar-refractivity contribution in [3.63, 3.8) is 0 Å². The van der Waals surface area contributed by atoms with E-state index in [1.165, 1.54) is 12.4 Å². The van der Waals surface area contributed by atoms with Gasteiger partial charge in [-0.1, -0.05) is 30.3 Å². The fourth-order valence-corrected chi connectivity index (χ4v) is 4.79. The van der Waals surface area contributed by atoms with E-state index in [-0.39, 0.29) is 17.7 Å². The first-order chi connectivity index (χ1) is 18.7. The molecule has 1 aromatic carbocycles. The van der Waals surface area contributed by atoms with Crippen molar-refractivity contribution in [3.8, 4) is 5.75 Å². The highest BCUT2D eigenvalue weighted by atomic mass is 16.6. The van der Waals surface area contributed by atoms with Gasteiger partial charge < -0.3 is 30.4 Å². The van der Waals surface area contributed by atoms with E-state index in [0.717, 1.165) is 18.4 Å². The van der Waals surface area contributed by atoms with Gasteiger partial charge in [0.1, 0.15) is 11.2 Å². The monoisotopic (exact) mass is 531 g/mol. The Morgan fingerprint density at radius 3 is 2.77 bits per heavy atom. The number of aromatic nitrogens is 4. The number of hydrogen-bond acceptors (Lipinski definition) is 7. The third-order valence-electron chi connectivity index (χ3n) is 6.44. The Kier molecular flexibility index (Phi) is 7.14. The summed E-state index contributed by atoms with van der Waals surface area (Å²) in [6.45, 7) is 7.15. The smallest absolute Gasteiger partial charge is 0.407 e. The van der Waals surface area contributed by atoms with Crippen molar-refractivity contribution in [2.75, 3.05) is 23.3 Å². The van der Waals surface area contributed by atoms with Crippen molar-refractivity contribution in [2.45, 2.75) is 51.8 Å². The van der Waals surface area contributed by atoms with Crippen molar-refractivity contribution in [1.29, 1.82) is 0 Å². The summed E-state index contributed by atoms with van der Waals surface area (Å²) in [5, 5.41) is 21.7. The molecule has 1 aliphatic heterocycles. The molecule has 11 nitrogen and oxygen atoms in total. The van der Waals surface area contributed by atoms with Crippen LogP contribution < -0.4 is 15.5 Å². The number of aromatic hydroxyl groups is 1. The number of pyridine rings is 1. The molecule has 11 heteroatoms. The van der Waals surface area contributed by atoms with E-state index in [4.69, 9.17) is 4.74 Å². The van der Waals surface area contributed by atoms with E-state index in [1.807, 2.05) is 56.0 Å². The Balaban J connectivity index is 1.34. The number of hydrogen-bond donors (Lipinski definition) is 4. The van der Waals surface area contributed by atoms with Gasteiger partial charge in [0, 0.05) is 31.5 Å². The lowest BCUT2D eigenvalue weighted by atomic mass is 10.0. The zero-order valence-corrected chi connectivity index (χ0v) is 22.3. The number of carbonyl (C=O) groups is 2. The highest BCUT2D eigenvalue weighted by Crippen LogP contribution is 2.40. The number of alkyl carbamates (subject to hydrolysis) is 1. The Morgan fingerprint density at radius 1 is 1.21 bits per heavy atom. The minimum atomic E-state index is -0.593. The van der Waals surface area contributed by atoms with Gasteiger partial charge in [0.25, 0.3) is 5.91 Å². The van der Waals surface area contributed by atoms with Crippen LogP contribution in [0.4, 0.5) is 16.2 Å². The molecule has 1 atom stereocenters. The standard InChI is InChI=1S/C28H33N7O4/c1-28(2,3)39-27(38)32-20-10-7-11-34(17-20)24-22(36)14-30-25-23(24)21(13-29-25)33-26(37)19-12-31-35(16-19)15-18-8-5-4-6-9-18/h4-6,8-9,12-14,16,20,36H,7,10-11,15,17H2,1-3H3,(H,29,30)(H,32,38)(H,33,37). The summed E-state index contributed by atoms with van der Waals surface area (Å²) >= 11 is 0. The topological polar surface area (TPSA) is 137 Å². The summed E-state index contributed by atoms with van der Waals surface area (Å²) in [6, 6.07) is 9.72. The number of carbonyl (C=O) groups excluding carboxylic acids is 2. The van der Waals surface area contributed by atoms with E-state index in [2.05, 4.69) is 25.7 Å². The highest BCUT2D eigenvalue weighted by molar-refractivity contribution is 6.12. The number of rotatable bonds is 6. The molecule has 4 N–H and O–H groups in total. The largest absolute Gasteiger partial charge is 0.504 e. The Hall–Kier alpha value is -4.54. The lowest BCUT2D eigenvalue weighted by molar-refractivity contribution is 0.0500. The second-order valence-corrected chi connectivity index (χ2v) is 10.7. The normalized spacial score (nSPS) is 15.8. The average molecular weight is 532 g/mol. The third-order valence-corrected chi connectivity index (χ3v) is 6.44. The van der Waals surface area contributed by atoms with Gasteiger partial charge >= 0.3 is 6.09 Å². The van der Waals surface area contributed by atoms with Crippen LogP contribution in [0, 0.1) is 0 Å². The van der Waals surface area contributed by atoms with Gasteiger partial charge in [-0.15, -0.1) is 0 Å². The first-order valence-corrected chi connectivity index (χ1v) is 13.0. The maximum Gasteiger partial charge on any atom is 0.407 e. The van der Waals surface area contributed by atoms with Crippen LogP contribution in [0.2, 0.25) is 0 Å². The fourth-order valence-electron chi connectivity index (χ4n) is 4.79. The zero-order chi connectivity index (χ0) is 27.6. The number of ether oxygens (including phenoxy) is 1. The third kappa shape index (κ3) is 6.14. The van der Waals surface area contributed by atoms with Crippen LogP contribution >= 0.6 is 0 Å². The second kappa shape index (κ2) is 10.7. The molecule has 0 radical (unpaired) electrons. The Labute approximate surface area is 226 Å². The predicted octanol–water partition coefficient (Wildman–Crippen LogP) is 4.26. The molecule has 1 aliphatic rings. The molecule has 204 valence electrons. The predicted molar refractivity (Wildman–Crippen MR) is 148 cm³/mol. The minimum absolute atomic E-state index is 0.00815. The van der Waals surface area contributed by atoms with Crippen LogP contribution in [-0.2, 0) is 11.3 Å². The van der Waals surface area contributed by atoms with Gasteiger partial charge in [-0.05, 0) is 39.2 Å². The second-order valence-electron chi connectivity index (χ2n) is 10.7. The van der Waals surface area contributed by atoms with Crippen LogP contribution in [0.3, 0.4) is 0 Å². The number of nitrogens with one attached hydrogen (secondary N) is 3. The van der Waals surface area contributed by atoms with E-state index in [9.17, 15) is 14.7 Å². The van der Waals surface area contributed by atoms with Crippen LogP contribution in [0.5, 0.6) is 5.75 Å². The summed E-state index contributed by atoms with van der Waals surface area (Å²) in [4.78, 5) is 34.9. The highest BCUT2D eigenvalue weighted by Gasteiger charge is 2.28. The summed E-state index contributed by atoms with van der Waals surface area (Å²) < 4.78 is 7.13. The molecular formula is C28H33N7O4. The van der Waals surface area contributed by atoms with Gasteiger partial charge in [-0.25, -0.2) is 9.78 Å². The fraction of sp³-hybridized carbons (Fsp3) is 0.357. The van der Waals surface area contributed by atoms with Crippen molar-refractivity contribution in [3.05, 3.63) is 66.2 Å². The first kappa shape index (κ1) is 26.1. The van der Waals surface area contributed by atoms with Gasteiger partial charge in [0.2, 0.25) is 0 Å². The van der Waals surface area contributed by atoms with E-state index < -0.39 is 11.7 Å². The molecule has 4 aromatic rings. The molecule has 0 aliphatic carbocycles. The first-order valence-electron chi connectivity index (χ1n) is 13.0. The van der Waals surface area contributed by atoms with Crippen molar-refractivity contribution in [2.24, 2.45) is 0 Å². The van der Waals surface area contributed by atoms with Crippen LogP contribution in [0.25, 0.3) is 11.0 Å². The summed E-state index contributed by atoms with van der Waals surface area (Å²) in [7, 11) is 0. The molecule has 0 spiro atoms. The molecule has 1 unspecified atom stereocenters. The van der Waals surface area contributed by atoms with Gasteiger partial charge in [0.15, 0.2) is 5.75 Å². The Bertz CT molecular complexity index is 1470. The van der Waals surface area contributed by atoms with Gasteiger partial charge in [0.05, 0.1) is 41.3 Å². The number of aromatic amines is 1. The van der Waals surface area contributed by atoms with Crippen LogP contribution in [0.15, 0.2) is 55.1 Å². The molecule has 0 saturated carbocycles.